The second kappa shape index (κ2) is 7.62. The summed E-state index contributed by atoms with van der Waals surface area (Å²) in [7, 11) is 0. The molecule has 0 spiro atoms. The maximum absolute atomic E-state index is 12.1. The normalized spacial score (nSPS) is 19.8. The van der Waals surface area contributed by atoms with Gasteiger partial charge >= 0.3 is 5.97 Å². The van der Waals surface area contributed by atoms with Crippen LogP contribution in [0, 0.1) is 5.92 Å². The van der Waals surface area contributed by atoms with E-state index in [1.54, 1.807) is 4.90 Å². The highest BCUT2D eigenvalue weighted by atomic mass is 16.5. The predicted octanol–water partition coefficient (Wildman–Crippen LogP) is 1.57. The molecule has 116 valence electrons. The summed E-state index contributed by atoms with van der Waals surface area (Å²) in [6.45, 7) is 10.4. The average Bonchev–Trinajstić information content (AvgIpc) is 2.37. The Hall–Kier alpha value is -1.10. The van der Waals surface area contributed by atoms with Crippen molar-refractivity contribution < 1.29 is 14.3 Å². The van der Waals surface area contributed by atoms with Crippen LogP contribution in [0.3, 0.4) is 0 Å². The van der Waals surface area contributed by atoms with E-state index in [1.165, 1.54) is 0 Å². The lowest BCUT2D eigenvalue weighted by atomic mass is 9.98. The third-order valence-electron chi connectivity index (χ3n) is 3.39. The fourth-order valence-electron chi connectivity index (χ4n) is 2.36. The number of amides is 1. The van der Waals surface area contributed by atoms with Gasteiger partial charge in [-0.1, -0.05) is 0 Å². The molecule has 5 heteroatoms. The van der Waals surface area contributed by atoms with Crippen LogP contribution in [0.5, 0.6) is 0 Å². The Bertz CT molecular complexity index is 337. The van der Waals surface area contributed by atoms with Gasteiger partial charge < -0.3 is 15.0 Å². The highest BCUT2D eigenvalue weighted by molar-refractivity contribution is 5.78. The van der Waals surface area contributed by atoms with Crippen LogP contribution < -0.4 is 5.32 Å². The van der Waals surface area contributed by atoms with Crippen molar-refractivity contribution in [3.05, 3.63) is 0 Å². The van der Waals surface area contributed by atoms with Crippen LogP contribution >= 0.6 is 0 Å². The smallest absolute Gasteiger partial charge is 0.310 e. The highest BCUT2D eigenvalue weighted by Gasteiger charge is 2.29. The van der Waals surface area contributed by atoms with Crippen LogP contribution in [0.15, 0.2) is 0 Å². The van der Waals surface area contributed by atoms with Crippen LogP contribution in [-0.4, -0.2) is 48.6 Å². The van der Waals surface area contributed by atoms with E-state index in [9.17, 15) is 9.59 Å². The van der Waals surface area contributed by atoms with E-state index in [2.05, 4.69) is 26.1 Å². The fraction of sp³-hybridized carbons (Fsp3) is 0.867. The van der Waals surface area contributed by atoms with Crippen molar-refractivity contribution in [2.45, 2.75) is 52.5 Å². The summed E-state index contributed by atoms with van der Waals surface area (Å²) in [5, 5.41) is 3.31. The molecule has 1 aliphatic rings. The molecule has 1 unspecified atom stereocenters. The van der Waals surface area contributed by atoms with Gasteiger partial charge in [0.25, 0.3) is 0 Å². The Labute approximate surface area is 122 Å². The van der Waals surface area contributed by atoms with Crippen LogP contribution in [0.4, 0.5) is 0 Å². The molecule has 0 aliphatic carbocycles. The first-order chi connectivity index (χ1) is 9.33. The van der Waals surface area contributed by atoms with Gasteiger partial charge in [0.15, 0.2) is 0 Å². The summed E-state index contributed by atoms with van der Waals surface area (Å²) >= 11 is 0. The monoisotopic (exact) mass is 284 g/mol. The van der Waals surface area contributed by atoms with Crippen molar-refractivity contribution in [2.24, 2.45) is 5.92 Å². The molecule has 0 saturated carbocycles. The molecule has 1 N–H and O–H groups in total. The van der Waals surface area contributed by atoms with Gasteiger partial charge in [-0.2, -0.15) is 0 Å². The molecule has 1 fully saturated rings. The molecule has 0 radical (unpaired) electrons. The molecule has 0 aromatic carbocycles. The summed E-state index contributed by atoms with van der Waals surface area (Å²) < 4.78 is 5.05. The van der Waals surface area contributed by atoms with E-state index in [0.717, 1.165) is 19.4 Å². The maximum atomic E-state index is 12.1. The van der Waals surface area contributed by atoms with Crippen molar-refractivity contribution in [3.8, 4) is 0 Å². The van der Waals surface area contributed by atoms with E-state index in [4.69, 9.17) is 4.74 Å². The molecule has 1 saturated heterocycles. The third-order valence-corrected chi connectivity index (χ3v) is 3.39. The van der Waals surface area contributed by atoms with Gasteiger partial charge in [0.1, 0.15) is 0 Å². The lowest BCUT2D eigenvalue weighted by Gasteiger charge is -2.32. The number of piperidine rings is 1. The first kappa shape index (κ1) is 17.0. The third kappa shape index (κ3) is 5.90. The molecule has 1 amide bonds. The van der Waals surface area contributed by atoms with Crippen molar-refractivity contribution in [1.29, 1.82) is 0 Å². The molecular weight excluding hydrogens is 256 g/mol. The number of ether oxygens (including phenoxy) is 1. The Kier molecular flexibility index (Phi) is 6.46. The van der Waals surface area contributed by atoms with Gasteiger partial charge in [0.05, 0.1) is 12.5 Å². The van der Waals surface area contributed by atoms with Gasteiger partial charge in [-0.15, -0.1) is 0 Å². The van der Waals surface area contributed by atoms with E-state index in [0.29, 0.717) is 26.1 Å². The van der Waals surface area contributed by atoms with Crippen molar-refractivity contribution >= 4 is 11.9 Å². The Morgan fingerprint density at radius 1 is 1.35 bits per heavy atom. The molecule has 0 aromatic rings. The molecule has 1 heterocycles. The number of rotatable bonds is 5. The number of likely N-dealkylation sites (tertiary alicyclic amines) is 1. The number of esters is 1. The highest BCUT2D eigenvalue weighted by Crippen LogP contribution is 2.18. The number of nitrogens with zero attached hydrogens (tertiary/aromatic N) is 1. The second-order valence-electron chi connectivity index (χ2n) is 6.36. The first-order valence-corrected chi connectivity index (χ1v) is 7.53. The minimum atomic E-state index is -0.169. The Morgan fingerprint density at radius 3 is 2.65 bits per heavy atom. The van der Waals surface area contributed by atoms with E-state index < -0.39 is 0 Å². The summed E-state index contributed by atoms with van der Waals surface area (Å²) in [6.07, 6.45) is 2.18. The molecule has 5 nitrogen and oxygen atoms in total. The van der Waals surface area contributed by atoms with Gasteiger partial charge in [0, 0.05) is 31.6 Å². The van der Waals surface area contributed by atoms with Gasteiger partial charge in [0.2, 0.25) is 5.91 Å². The number of hydrogen-bond acceptors (Lipinski definition) is 4. The number of carbonyl (C=O) groups is 2. The lowest BCUT2D eigenvalue weighted by Crippen LogP contribution is -2.44. The zero-order chi connectivity index (χ0) is 15.2. The van der Waals surface area contributed by atoms with Crippen LogP contribution in [0.25, 0.3) is 0 Å². The minimum absolute atomic E-state index is 0.0235. The van der Waals surface area contributed by atoms with Crippen molar-refractivity contribution in [1.82, 2.24) is 10.2 Å². The van der Waals surface area contributed by atoms with E-state index >= 15 is 0 Å². The summed E-state index contributed by atoms with van der Waals surface area (Å²) in [5.41, 5.74) is 0.0235. The molecule has 0 aromatic heterocycles. The molecule has 1 aliphatic heterocycles. The predicted molar refractivity (Wildman–Crippen MR) is 78.3 cm³/mol. The standard InChI is InChI=1S/C15H28N2O3/c1-5-20-14(19)12-7-6-10-17(11-12)13(18)8-9-16-15(2,3)4/h12,16H,5-11H2,1-4H3. The topological polar surface area (TPSA) is 58.6 Å². The second-order valence-corrected chi connectivity index (χ2v) is 6.36. The number of carbonyl (C=O) groups excluding carboxylic acids is 2. The average molecular weight is 284 g/mol. The summed E-state index contributed by atoms with van der Waals surface area (Å²) in [5.74, 6) is -0.197. The lowest BCUT2D eigenvalue weighted by molar-refractivity contribution is -0.151. The largest absolute Gasteiger partial charge is 0.466 e. The fourth-order valence-corrected chi connectivity index (χ4v) is 2.36. The number of hydrogen-bond donors (Lipinski definition) is 1. The molecule has 20 heavy (non-hydrogen) atoms. The van der Waals surface area contributed by atoms with Gasteiger partial charge in [-0.3, -0.25) is 9.59 Å². The van der Waals surface area contributed by atoms with Crippen molar-refractivity contribution in [2.75, 3.05) is 26.2 Å². The zero-order valence-corrected chi connectivity index (χ0v) is 13.2. The van der Waals surface area contributed by atoms with E-state index in [1.807, 2.05) is 6.92 Å². The Morgan fingerprint density at radius 2 is 2.05 bits per heavy atom. The van der Waals surface area contributed by atoms with Crippen LogP contribution in [-0.2, 0) is 14.3 Å². The van der Waals surface area contributed by atoms with Crippen LogP contribution in [0.2, 0.25) is 0 Å². The van der Waals surface area contributed by atoms with Crippen LogP contribution in [0.1, 0.15) is 47.0 Å². The molecule has 0 bridgehead atoms. The van der Waals surface area contributed by atoms with Gasteiger partial charge in [-0.25, -0.2) is 0 Å². The van der Waals surface area contributed by atoms with Crippen molar-refractivity contribution in [3.63, 3.8) is 0 Å². The summed E-state index contributed by atoms with van der Waals surface area (Å²) in [6, 6.07) is 0. The zero-order valence-electron chi connectivity index (χ0n) is 13.2. The van der Waals surface area contributed by atoms with E-state index in [-0.39, 0.29) is 23.3 Å². The maximum Gasteiger partial charge on any atom is 0.310 e. The number of nitrogens with one attached hydrogen (secondary N) is 1. The molecule has 1 atom stereocenters. The minimum Gasteiger partial charge on any atom is -0.466 e. The Balaban J connectivity index is 2.38. The SMILES string of the molecule is CCOC(=O)C1CCCN(C(=O)CCNC(C)(C)C)C1. The summed E-state index contributed by atoms with van der Waals surface area (Å²) in [4.78, 5) is 25.7. The molecular formula is C15H28N2O3. The first-order valence-electron chi connectivity index (χ1n) is 7.53. The molecule has 1 rings (SSSR count). The quantitative estimate of drug-likeness (QED) is 0.779. The van der Waals surface area contributed by atoms with Gasteiger partial charge in [-0.05, 0) is 40.5 Å².